The van der Waals surface area contributed by atoms with Crippen LogP contribution < -0.4 is 5.73 Å². The van der Waals surface area contributed by atoms with Gasteiger partial charge in [-0.1, -0.05) is 28.1 Å². The maximum atomic E-state index is 10.6. The third kappa shape index (κ3) is 2.24. The van der Waals surface area contributed by atoms with Gasteiger partial charge in [0, 0.05) is 15.7 Å². The number of aliphatic hydroxyl groups excluding tert-OH is 1. The quantitative estimate of drug-likeness (QED) is 0.663. The zero-order valence-electron chi connectivity index (χ0n) is 11.8. The van der Waals surface area contributed by atoms with E-state index in [0.29, 0.717) is 12.1 Å². The van der Waals surface area contributed by atoms with E-state index in [-0.39, 0.29) is 5.92 Å². The Morgan fingerprint density at radius 1 is 1.23 bits per heavy atom. The zero-order chi connectivity index (χ0) is 15.3. The molecule has 1 aliphatic carbocycles. The molecule has 0 saturated carbocycles. The number of benzene rings is 1. The summed E-state index contributed by atoms with van der Waals surface area (Å²) in [4.78, 5) is 4.74. The van der Waals surface area contributed by atoms with Gasteiger partial charge in [-0.25, -0.2) is 0 Å². The number of aromatic nitrogens is 1. The largest absolute Gasteiger partial charge is 0.397 e. The van der Waals surface area contributed by atoms with Crippen molar-refractivity contribution in [2.75, 3.05) is 5.73 Å². The number of anilines is 1. The van der Waals surface area contributed by atoms with Crippen LogP contribution in [0, 0.1) is 0 Å². The summed E-state index contributed by atoms with van der Waals surface area (Å²) in [5, 5.41) is 12.6. The summed E-state index contributed by atoms with van der Waals surface area (Å²) in [6.07, 6.45) is 0.970. The third-order valence-electron chi connectivity index (χ3n) is 4.37. The van der Waals surface area contributed by atoms with Crippen LogP contribution in [0.25, 0.3) is 10.2 Å². The molecule has 0 unspecified atom stereocenters. The Balaban J connectivity index is 1.79. The highest BCUT2D eigenvalue weighted by atomic mass is 79.9. The van der Waals surface area contributed by atoms with Crippen molar-refractivity contribution >= 4 is 43.2 Å². The fraction of sp³-hybridized carbons (Fsp3) is 0.235. The second-order valence-corrected chi connectivity index (χ2v) is 7.56. The van der Waals surface area contributed by atoms with Crippen LogP contribution in [0.2, 0.25) is 0 Å². The summed E-state index contributed by atoms with van der Waals surface area (Å²) >= 11 is 5.05. The normalized spacial score (nSPS) is 21.0. The Kier molecular flexibility index (Phi) is 3.44. The second-order valence-electron chi connectivity index (χ2n) is 5.72. The number of halogens is 1. The predicted octanol–water partition coefficient (Wildman–Crippen LogP) is 4.40. The molecule has 1 aliphatic rings. The van der Waals surface area contributed by atoms with Crippen molar-refractivity contribution in [1.82, 2.24) is 4.98 Å². The summed E-state index contributed by atoms with van der Waals surface area (Å²) in [6.45, 7) is 0. The van der Waals surface area contributed by atoms with Crippen molar-refractivity contribution in [3.63, 3.8) is 0 Å². The maximum absolute atomic E-state index is 10.6. The molecule has 112 valence electrons. The van der Waals surface area contributed by atoms with E-state index in [1.807, 2.05) is 23.6 Å². The number of thiophene rings is 1. The molecular formula is C17H15BrN2OS. The van der Waals surface area contributed by atoms with Crippen LogP contribution in [0.4, 0.5) is 5.69 Å². The van der Waals surface area contributed by atoms with Crippen LogP contribution in [0.3, 0.4) is 0 Å². The first kappa shape index (κ1) is 14.2. The van der Waals surface area contributed by atoms with Crippen molar-refractivity contribution in [2.45, 2.75) is 24.9 Å². The molecule has 2 atom stereocenters. The zero-order valence-corrected chi connectivity index (χ0v) is 14.2. The number of nitrogens with zero attached hydrogens (tertiary/aromatic N) is 1. The molecular weight excluding hydrogens is 360 g/mol. The van der Waals surface area contributed by atoms with Crippen LogP contribution in [-0.4, -0.2) is 10.1 Å². The highest BCUT2D eigenvalue weighted by molar-refractivity contribution is 9.10. The maximum Gasteiger partial charge on any atom is 0.0834 e. The van der Waals surface area contributed by atoms with Crippen LogP contribution in [0.15, 0.2) is 40.2 Å². The summed E-state index contributed by atoms with van der Waals surface area (Å²) in [6, 6.07) is 10.3. The van der Waals surface area contributed by atoms with E-state index in [4.69, 9.17) is 10.7 Å². The summed E-state index contributed by atoms with van der Waals surface area (Å²) < 4.78 is 2.05. The highest BCUT2D eigenvalue weighted by Crippen LogP contribution is 2.43. The topological polar surface area (TPSA) is 59.1 Å². The minimum atomic E-state index is -0.545. The predicted molar refractivity (Wildman–Crippen MR) is 94.2 cm³/mol. The van der Waals surface area contributed by atoms with E-state index in [0.717, 1.165) is 32.4 Å². The fourth-order valence-electron chi connectivity index (χ4n) is 3.30. The van der Waals surface area contributed by atoms with E-state index in [1.54, 1.807) is 11.3 Å². The van der Waals surface area contributed by atoms with Crippen molar-refractivity contribution in [3.05, 3.63) is 57.0 Å². The summed E-state index contributed by atoms with van der Waals surface area (Å²) in [5.41, 5.74) is 10.9. The number of hydrogen-bond acceptors (Lipinski definition) is 4. The molecule has 0 saturated heterocycles. The van der Waals surface area contributed by atoms with Gasteiger partial charge in [-0.05, 0) is 47.9 Å². The molecule has 2 heterocycles. The Hall–Kier alpha value is -1.43. The Labute approximate surface area is 140 Å². The molecule has 2 aromatic heterocycles. The number of nitrogen functional groups attached to an aromatic ring is 1. The lowest BCUT2D eigenvalue weighted by molar-refractivity contribution is 0.147. The van der Waals surface area contributed by atoms with Gasteiger partial charge in [-0.2, -0.15) is 0 Å². The molecule has 3 aromatic rings. The molecule has 3 nitrogen and oxygen atoms in total. The fourth-order valence-corrected chi connectivity index (χ4v) is 4.36. The summed E-state index contributed by atoms with van der Waals surface area (Å²) in [5.74, 6) is 0.276. The van der Waals surface area contributed by atoms with Crippen molar-refractivity contribution in [2.24, 2.45) is 0 Å². The number of aliphatic hydroxyl groups is 1. The molecule has 22 heavy (non-hydrogen) atoms. The van der Waals surface area contributed by atoms with Gasteiger partial charge in [0.2, 0.25) is 0 Å². The van der Waals surface area contributed by atoms with Gasteiger partial charge in [-0.15, -0.1) is 11.3 Å². The molecule has 3 N–H and O–H groups in total. The lowest BCUT2D eigenvalue weighted by atomic mass is 9.80. The molecule has 1 aromatic carbocycles. The van der Waals surface area contributed by atoms with Crippen LogP contribution in [0.1, 0.15) is 35.3 Å². The van der Waals surface area contributed by atoms with E-state index >= 15 is 0 Å². The number of fused-ring (bicyclic) bond motifs is 2. The van der Waals surface area contributed by atoms with Crippen molar-refractivity contribution in [3.8, 4) is 0 Å². The molecule has 0 spiro atoms. The average Bonchev–Trinajstić information content (AvgIpc) is 2.96. The molecule has 0 bridgehead atoms. The lowest BCUT2D eigenvalue weighted by Crippen LogP contribution is -2.20. The smallest absolute Gasteiger partial charge is 0.0834 e. The molecule has 5 heteroatoms. The van der Waals surface area contributed by atoms with E-state index in [2.05, 4.69) is 28.1 Å². The molecule has 0 amide bonds. The minimum Gasteiger partial charge on any atom is -0.397 e. The average molecular weight is 375 g/mol. The van der Waals surface area contributed by atoms with Crippen molar-refractivity contribution < 1.29 is 5.11 Å². The minimum absolute atomic E-state index is 0.276. The second kappa shape index (κ2) is 5.33. The van der Waals surface area contributed by atoms with Gasteiger partial charge in [0.05, 0.1) is 22.0 Å². The Morgan fingerprint density at radius 2 is 2.00 bits per heavy atom. The van der Waals surface area contributed by atoms with Gasteiger partial charge in [0.15, 0.2) is 0 Å². The lowest BCUT2D eigenvalue weighted by Gasteiger charge is -2.29. The highest BCUT2D eigenvalue weighted by Gasteiger charge is 2.30. The van der Waals surface area contributed by atoms with Gasteiger partial charge in [0.1, 0.15) is 0 Å². The molecule has 4 rings (SSSR count). The summed E-state index contributed by atoms with van der Waals surface area (Å²) in [7, 11) is 0. The first-order valence-corrected chi connectivity index (χ1v) is 8.89. The monoisotopic (exact) mass is 374 g/mol. The van der Waals surface area contributed by atoms with E-state index in [1.165, 1.54) is 5.56 Å². The third-order valence-corrected chi connectivity index (χ3v) is 5.83. The van der Waals surface area contributed by atoms with E-state index in [9.17, 15) is 5.11 Å². The first-order valence-electron chi connectivity index (χ1n) is 7.22. The number of hydrogen-bond donors (Lipinski definition) is 2. The van der Waals surface area contributed by atoms with Gasteiger partial charge >= 0.3 is 0 Å². The van der Waals surface area contributed by atoms with Gasteiger partial charge < -0.3 is 10.8 Å². The van der Waals surface area contributed by atoms with Gasteiger partial charge in [-0.3, -0.25) is 4.98 Å². The van der Waals surface area contributed by atoms with E-state index < -0.39 is 6.10 Å². The van der Waals surface area contributed by atoms with Crippen molar-refractivity contribution in [1.29, 1.82) is 0 Å². The van der Waals surface area contributed by atoms with Crippen LogP contribution >= 0.6 is 27.3 Å². The standard InChI is InChI=1S/C17H15BrN2OS/c18-11-3-1-9(2-4-11)10-7-13-15(14(21)8-10)16(19)17-12(20-13)5-6-22-17/h1-6,10,14,21H,7-8H2,(H2,19,20)/t10-,14-/m0/s1. The van der Waals surface area contributed by atoms with Crippen LogP contribution in [0.5, 0.6) is 0 Å². The Bertz CT molecular complexity index is 844. The Morgan fingerprint density at radius 3 is 2.77 bits per heavy atom. The number of pyridine rings is 1. The van der Waals surface area contributed by atoms with Gasteiger partial charge in [0.25, 0.3) is 0 Å². The molecule has 0 aliphatic heterocycles. The molecule has 0 fully saturated rings. The number of nitrogens with two attached hydrogens (primary N) is 1. The number of rotatable bonds is 1. The SMILES string of the molecule is Nc1c2c(nc3ccsc13)C[C@H](c1ccc(Br)cc1)C[C@@H]2O. The first-order chi connectivity index (χ1) is 10.6. The molecule has 0 radical (unpaired) electrons. The van der Waals surface area contributed by atoms with Crippen LogP contribution in [-0.2, 0) is 6.42 Å².